The van der Waals surface area contributed by atoms with Gasteiger partial charge in [-0.05, 0) is 5.92 Å². The largest absolute Gasteiger partial charge is 0.379 e. The van der Waals surface area contributed by atoms with Crippen LogP contribution < -0.4 is 11.1 Å². The van der Waals surface area contributed by atoms with Gasteiger partial charge in [0.25, 0.3) is 35.4 Å². The maximum absolute atomic E-state index is 12.4. The smallest absolute Gasteiger partial charge is 0.253 e. The number of amides is 8. The Kier molecular flexibility index (Phi) is 15.6. The molecule has 3 heterocycles. The molecule has 0 aromatic rings. The summed E-state index contributed by atoms with van der Waals surface area (Å²) in [5.41, 5.74) is 3.55. The Bertz CT molecular complexity index is 1230. The number of hydrogen-bond donors (Lipinski definition) is 2. The van der Waals surface area contributed by atoms with E-state index in [1.54, 1.807) is 13.8 Å². The number of nitrogens with two attached hydrogens (primary N) is 1. The zero-order valence-electron chi connectivity index (χ0n) is 28.0. The van der Waals surface area contributed by atoms with Crippen LogP contribution in [0.4, 0.5) is 0 Å². The summed E-state index contributed by atoms with van der Waals surface area (Å²) in [5, 5.41) is 2.58. The Morgan fingerprint density at radius 1 is 0.600 bits per heavy atom. The third-order valence-corrected chi connectivity index (χ3v) is 7.56. The number of carbonyl (C=O) groups excluding carboxylic acids is 8. The van der Waals surface area contributed by atoms with Crippen molar-refractivity contribution in [2.24, 2.45) is 11.7 Å². The standard InChI is InChI=1S/C32H43N5O13/c1-22(2)30(31(33)45)34-23(38)9-10-46-11-12-47-13-14-48-15-16-49-17-18-50-32(19-35-24(39)3-4-25(35)40,20-36-26(41)5-6-27(36)42)21-37-28(43)7-8-29(37)44/h3-8,22,30H,9-21H2,1-2H3,(H2,33,45)(H,34,38)/t30-/m0/s1. The fourth-order valence-electron chi connectivity index (χ4n) is 4.97. The Balaban J connectivity index is 1.37. The number of hydrogen-bond acceptors (Lipinski definition) is 13. The minimum atomic E-state index is -1.74. The van der Waals surface area contributed by atoms with Gasteiger partial charge in [0.15, 0.2) is 0 Å². The highest BCUT2D eigenvalue weighted by molar-refractivity contribution is 6.14. The molecule has 3 rings (SSSR count). The van der Waals surface area contributed by atoms with Crippen LogP contribution in [0.15, 0.2) is 36.5 Å². The number of nitrogens with one attached hydrogen (secondary N) is 1. The third kappa shape index (κ3) is 12.1. The molecule has 8 amide bonds. The quantitative estimate of drug-likeness (QED) is 0.0746. The number of rotatable bonds is 25. The van der Waals surface area contributed by atoms with Gasteiger partial charge in [0.1, 0.15) is 11.6 Å². The molecule has 0 saturated carbocycles. The fourth-order valence-corrected chi connectivity index (χ4v) is 4.97. The third-order valence-electron chi connectivity index (χ3n) is 7.56. The Morgan fingerprint density at radius 2 is 0.920 bits per heavy atom. The van der Waals surface area contributed by atoms with Gasteiger partial charge in [0.05, 0.1) is 79.1 Å². The van der Waals surface area contributed by atoms with Gasteiger partial charge in [-0.2, -0.15) is 0 Å². The maximum Gasteiger partial charge on any atom is 0.253 e. The Morgan fingerprint density at radius 3 is 1.24 bits per heavy atom. The lowest BCUT2D eigenvalue weighted by Gasteiger charge is -2.40. The predicted molar refractivity (Wildman–Crippen MR) is 170 cm³/mol. The van der Waals surface area contributed by atoms with Crippen molar-refractivity contribution >= 4 is 47.3 Å². The molecule has 0 spiro atoms. The van der Waals surface area contributed by atoms with Crippen molar-refractivity contribution < 1.29 is 62.0 Å². The second-order valence-corrected chi connectivity index (χ2v) is 11.7. The van der Waals surface area contributed by atoms with Crippen molar-refractivity contribution in [1.82, 2.24) is 20.0 Å². The molecule has 0 unspecified atom stereocenters. The molecular weight excluding hydrogens is 662 g/mol. The van der Waals surface area contributed by atoms with Crippen molar-refractivity contribution in [1.29, 1.82) is 0 Å². The molecule has 3 aliphatic rings. The fraction of sp³-hybridized carbons (Fsp3) is 0.562. The van der Waals surface area contributed by atoms with Gasteiger partial charge >= 0.3 is 0 Å². The van der Waals surface area contributed by atoms with E-state index in [0.29, 0.717) is 0 Å². The molecule has 18 nitrogen and oxygen atoms in total. The Hall–Kier alpha value is -4.62. The van der Waals surface area contributed by atoms with Crippen LogP contribution >= 0.6 is 0 Å². The summed E-state index contributed by atoms with van der Waals surface area (Å²) in [4.78, 5) is 101. The van der Waals surface area contributed by atoms with Crippen molar-refractivity contribution in [2.75, 3.05) is 79.1 Å². The molecule has 3 aliphatic heterocycles. The Labute approximate surface area is 288 Å². The summed E-state index contributed by atoms with van der Waals surface area (Å²) >= 11 is 0. The van der Waals surface area contributed by atoms with Crippen LogP contribution in [0.5, 0.6) is 0 Å². The van der Waals surface area contributed by atoms with E-state index in [2.05, 4.69) is 5.32 Å². The number of nitrogens with zero attached hydrogens (tertiary/aromatic N) is 3. The number of ether oxygens (including phenoxy) is 5. The molecule has 18 heteroatoms. The van der Waals surface area contributed by atoms with Crippen molar-refractivity contribution in [3.63, 3.8) is 0 Å². The highest BCUT2D eigenvalue weighted by Gasteiger charge is 2.45. The topological polar surface area (TPSA) is 230 Å². The zero-order chi connectivity index (χ0) is 36.7. The van der Waals surface area contributed by atoms with Crippen molar-refractivity contribution in [3.8, 4) is 0 Å². The lowest BCUT2D eigenvalue weighted by Crippen LogP contribution is -2.61. The maximum atomic E-state index is 12.4. The van der Waals surface area contributed by atoms with Gasteiger partial charge in [0.2, 0.25) is 11.8 Å². The number of imide groups is 3. The van der Waals surface area contributed by atoms with Gasteiger partial charge in [0, 0.05) is 42.9 Å². The van der Waals surface area contributed by atoms with Crippen LogP contribution in [0.2, 0.25) is 0 Å². The van der Waals surface area contributed by atoms with E-state index in [-0.39, 0.29) is 77.7 Å². The number of primary amides is 1. The molecule has 0 aromatic carbocycles. The summed E-state index contributed by atoms with van der Waals surface area (Å²) in [6.07, 6.45) is 6.40. The monoisotopic (exact) mass is 705 g/mol. The van der Waals surface area contributed by atoms with Gasteiger partial charge in [-0.3, -0.25) is 53.1 Å². The first-order chi connectivity index (χ1) is 23.8. The SMILES string of the molecule is CC(C)[C@H](NC(=O)CCOCCOCCOCCOCCOC(CN1C(=O)C=CC1=O)(CN1C(=O)C=CC1=O)CN1C(=O)C=CC1=O)C(N)=O. The van der Waals surface area contributed by atoms with E-state index in [1.165, 1.54) is 0 Å². The van der Waals surface area contributed by atoms with Crippen LogP contribution in [-0.2, 0) is 62.0 Å². The van der Waals surface area contributed by atoms with Crippen LogP contribution in [0, 0.1) is 5.92 Å². The molecule has 1 atom stereocenters. The molecule has 0 saturated heterocycles. The molecule has 50 heavy (non-hydrogen) atoms. The van der Waals surface area contributed by atoms with Crippen LogP contribution in [-0.4, -0.2) is 153 Å². The van der Waals surface area contributed by atoms with E-state index >= 15 is 0 Å². The van der Waals surface area contributed by atoms with E-state index in [0.717, 1.165) is 51.2 Å². The first-order valence-electron chi connectivity index (χ1n) is 16.0. The summed E-state index contributed by atoms with van der Waals surface area (Å²) in [7, 11) is 0. The summed E-state index contributed by atoms with van der Waals surface area (Å²) in [5.74, 6) is -5.03. The molecule has 0 fully saturated rings. The average molecular weight is 706 g/mol. The van der Waals surface area contributed by atoms with E-state index in [1.807, 2.05) is 0 Å². The summed E-state index contributed by atoms with van der Waals surface area (Å²) < 4.78 is 27.9. The van der Waals surface area contributed by atoms with Crippen molar-refractivity contribution in [3.05, 3.63) is 36.5 Å². The van der Waals surface area contributed by atoms with Gasteiger partial charge < -0.3 is 34.7 Å². The summed E-state index contributed by atoms with van der Waals surface area (Å²) in [6.45, 7) is 3.56. The second-order valence-electron chi connectivity index (χ2n) is 11.7. The van der Waals surface area contributed by atoms with E-state index in [4.69, 9.17) is 29.4 Å². The molecule has 0 radical (unpaired) electrons. The first-order valence-corrected chi connectivity index (χ1v) is 16.0. The normalized spacial score (nSPS) is 16.7. The zero-order valence-corrected chi connectivity index (χ0v) is 28.0. The average Bonchev–Trinajstić information content (AvgIpc) is 3.68. The van der Waals surface area contributed by atoms with Crippen LogP contribution in [0.25, 0.3) is 0 Å². The molecule has 0 aromatic heterocycles. The van der Waals surface area contributed by atoms with Gasteiger partial charge in [-0.1, -0.05) is 13.8 Å². The van der Waals surface area contributed by atoms with Crippen molar-refractivity contribution in [2.45, 2.75) is 31.9 Å². The predicted octanol–water partition coefficient (Wildman–Crippen LogP) is -2.40. The van der Waals surface area contributed by atoms with Crippen LogP contribution in [0.1, 0.15) is 20.3 Å². The molecule has 3 N–H and O–H groups in total. The minimum Gasteiger partial charge on any atom is -0.379 e. The van der Waals surface area contributed by atoms with Crippen LogP contribution in [0.3, 0.4) is 0 Å². The number of carbonyl (C=O) groups is 8. The molecular formula is C32H43N5O13. The van der Waals surface area contributed by atoms with E-state index < -0.39 is 72.6 Å². The lowest BCUT2D eigenvalue weighted by atomic mass is 10.0. The lowest BCUT2D eigenvalue weighted by molar-refractivity contribution is -0.157. The van der Waals surface area contributed by atoms with E-state index in [9.17, 15) is 38.4 Å². The highest BCUT2D eigenvalue weighted by atomic mass is 16.6. The highest BCUT2D eigenvalue weighted by Crippen LogP contribution is 2.24. The molecule has 0 bridgehead atoms. The second kappa shape index (κ2) is 19.5. The summed E-state index contributed by atoms with van der Waals surface area (Å²) in [6, 6.07) is -0.736. The molecule has 274 valence electrons. The van der Waals surface area contributed by atoms with Gasteiger partial charge in [-0.15, -0.1) is 0 Å². The first kappa shape index (κ1) is 39.8. The molecule has 0 aliphatic carbocycles. The van der Waals surface area contributed by atoms with Gasteiger partial charge in [-0.25, -0.2) is 0 Å². The minimum absolute atomic E-state index is 0.0158.